The third-order valence-electron chi connectivity index (χ3n) is 7.57. The maximum atomic E-state index is 14.1. The zero-order valence-electron chi connectivity index (χ0n) is 22.3. The number of rotatable bonds is 6. The third kappa shape index (κ3) is 6.32. The van der Waals surface area contributed by atoms with Gasteiger partial charge in [-0.25, -0.2) is 26.3 Å². The molecule has 0 bridgehead atoms. The smallest absolute Gasteiger partial charge is 0.269 e. The highest BCUT2D eigenvalue weighted by Gasteiger charge is 2.49. The van der Waals surface area contributed by atoms with Crippen LogP contribution in [-0.4, -0.2) is 45.4 Å². The Morgan fingerprint density at radius 1 is 0.786 bits per heavy atom. The van der Waals surface area contributed by atoms with E-state index in [0.29, 0.717) is 0 Å². The molecule has 2 aliphatic rings. The summed E-state index contributed by atoms with van der Waals surface area (Å²) in [5.41, 5.74) is -8.04. The van der Waals surface area contributed by atoms with Crippen molar-refractivity contribution in [2.24, 2.45) is 0 Å². The summed E-state index contributed by atoms with van der Waals surface area (Å²) < 4.78 is 81.2. The van der Waals surface area contributed by atoms with E-state index in [1.54, 1.807) is 6.92 Å². The fraction of sp³-hybridized carbons (Fsp3) is 0.462. The fourth-order valence-corrected chi connectivity index (χ4v) is 5.11. The molecule has 4 rings (SSSR count). The normalized spacial score (nSPS) is 29.0. The minimum absolute atomic E-state index is 0.0139. The van der Waals surface area contributed by atoms with E-state index in [2.05, 4.69) is 10.6 Å². The Balaban J connectivity index is 0.000000230. The number of amides is 1. The van der Waals surface area contributed by atoms with Crippen LogP contribution in [0, 0.1) is 31.9 Å². The molecule has 2 N–H and O–H groups in total. The monoisotopic (exact) mass is 620 g/mol. The molecular weight excluding hydrogens is 594 g/mol. The van der Waals surface area contributed by atoms with Crippen LogP contribution >= 0.6 is 12.2 Å². The molecule has 2 aromatic carbocycles. The molecule has 0 unspecified atom stereocenters. The fourth-order valence-electron chi connectivity index (χ4n) is 4.73. The number of benzene rings is 2. The minimum atomic E-state index is -2.63. The van der Waals surface area contributed by atoms with E-state index in [1.807, 2.05) is 0 Å². The number of piperidine rings is 2. The highest BCUT2D eigenvalue weighted by molar-refractivity contribution is 7.80. The van der Waals surface area contributed by atoms with Crippen molar-refractivity contribution in [1.29, 1.82) is 0 Å². The van der Waals surface area contributed by atoms with Crippen LogP contribution in [0.25, 0.3) is 0 Å². The second-order valence-electron chi connectivity index (χ2n) is 10.6. The van der Waals surface area contributed by atoms with E-state index in [1.165, 1.54) is 6.92 Å². The van der Waals surface area contributed by atoms with Gasteiger partial charge in [-0.2, -0.15) is 0 Å². The quantitative estimate of drug-likeness (QED) is 0.179. The van der Waals surface area contributed by atoms with Gasteiger partial charge in [-0.1, -0.05) is 12.2 Å². The number of thiocarbonyl (C=S) groups is 1. The first-order valence-corrected chi connectivity index (χ1v) is 12.9. The van der Waals surface area contributed by atoms with Crippen molar-refractivity contribution >= 4 is 34.5 Å². The topological polar surface area (TPSA) is 127 Å². The van der Waals surface area contributed by atoms with Gasteiger partial charge in [0.1, 0.15) is 30.0 Å². The van der Waals surface area contributed by atoms with Crippen LogP contribution in [0.4, 0.5) is 37.7 Å². The van der Waals surface area contributed by atoms with Gasteiger partial charge in [0.15, 0.2) is 5.67 Å². The Hall–Kier alpha value is -3.82. The molecule has 2 heterocycles. The van der Waals surface area contributed by atoms with Crippen LogP contribution in [0.1, 0.15) is 50.7 Å². The highest BCUT2D eigenvalue weighted by atomic mass is 32.1. The lowest BCUT2D eigenvalue weighted by Crippen LogP contribution is -2.58. The van der Waals surface area contributed by atoms with Crippen LogP contribution in [0.3, 0.4) is 0 Å². The van der Waals surface area contributed by atoms with Gasteiger partial charge in [0.05, 0.1) is 20.9 Å². The van der Waals surface area contributed by atoms with E-state index in [-0.39, 0.29) is 46.8 Å². The van der Waals surface area contributed by atoms with Crippen molar-refractivity contribution in [1.82, 2.24) is 10.6 Å². The molecule has 0 radical (unpaired) electrons. The Kier molecular flexibility index (Phi) is 9.20. The molecule has 0 aromatic heterocycles. The number of nitrogens with one attached hydrogen (secondary N) is 2. The molecule has 16 heteroatoms. The molecule has 2 fully saturated rings. The second kappa shape index (κ2) is 11.8. The lowest BCUT2D eigenvalue weighted by Gasteiger charge is -2.42. The maximum Gasteiger partial charge on any atom is 0.269 e. The largest absolute Gasteiger partial charge is 0.368 e. The van der Waals surface area contributed by atoms with Crippen LogP contribution in [0.5, 0.6) is 0 Å². The van der Waals surface area contributed by atoms with Crippen molar-refractivity contribution in [2.45, 2.75) is 61.9 Å². The molecule has 4 atom stereocenters. The van der Waals surface area contributed by atoms with Crippen molar-refractivity contribution < 1.29 is 41.0 Å². The molecule has 2 saturated heterocycles. The third-order valence-corrected chi connectivity index (χ3v) is 8.04. The maximum absolute atomic E-state index is 14.1. The first-order chi connectivity index (χ1) is 19.4. The zero-order valence-corrected chi connectivity index (χ0v) is 23.1. The molecular formula is C26H26F6N4O5S. The Labute approximate surface area is 241 Å². The zero-order chi connectivity index (χ0) is 31.7. The first-order valence-electron chi connectivity index (χ1n) is 12.5. The van der Waals surface area contributed by atoms with E-state index in [4.69, 9.17) is 12.2 Å². The number of carbonyl (C=O) groups excluding carboxylic acids is 1. The Bertz CT molecular complexity index is 1330. The molecule has 42 heavy (non-hydrogen) atoms. The molecule has 1 amide bonds. The molecule has 0 spiro atoms. The van der Waals surface area contributed by atoms with Gasteiger partial charge in [-0.05, 0) is 51.7 Å². The lowest BCUT2D eigenvalue weighted by molar-refractivity contribution is -0.385. The average Bonchev–Trinajstić information content (AvgIpc) is 2.94. The molecule has 228 valence electrons. The number of nitro groups is 2. The molecule has 0 aliphatic carbocycles. The summed E-state index contributed by atoms with van der Waals surface area (Å²) >= 11 is 4.83. The lowest BCUT2D eigenvalue weighted by atomic mass is 9.79. The number of carbonyl (C=O) groups is 1. The minimum Gasteiger partial charge on any atom is -0.368 e. The molecule has 2 aromatic rings. The predicted octanol–water partition coefficient (Wildman–Crippen LogP) is 5.87. The average molecular weight is 621 g/mol. The number of hydrogen-bond acceptors (Lipinski definition) is 6. The van der Waals surface area contributed by atoms with Gasteiger partial charge in [0.25, 0.3) is 17.3 Å². The standard InChI is InChI=1S/C13H13F3N2O3.C13H13F3N2O2S/c1-12(4-5-13(16,7-14)11(19)17-12)9-6-8(18(20)21)2-3-10(9)15;1-12(4-5-13(16,7-14)11(21)17-12)9-6-8(18(19)20)2-3-10(9)15/h2-3,6H,4-5,7H2,1H3,(H,17,19);2-3,6H,4-5,7H2,1H3,(H,17,21)/t2*12-,13+/m00/s1. The second-order valence-corrected chi connectivity index (χ2v) is 11.0. The summed E-state index contributed by atoms with van der Waals surface area (Å²) in [5.74, 6) is -2.59. The van der Waals surface area contributed by atoms with Crippen LogP contribution in [0.2, 0.25) is 0 Å². The van der Waals surface area contributed by atoms with Gasteiger partial charge in [-0.15, -0.1) is 0 Å². The SMILES string of the molecule is C[C@@]1(c2cc([N+](=O)[O-])ccc2F)CC[C@@](F)(CF)C(=O)N1.C[C@@]1(c2cc([N+](=O)[O-])ccc2F)CC[C@@](F)(CF)C(=S)N1. The summed E-state index contributed by atoms with van der Waals surface area (Å²) in [5, 5.41) is 26.4. The number of non-ortho nitro benzene ring substituents is 2. The summed E-state index contributed by atoms with van der Waals surface area (Å²) in [4.78, 5) is 31.5. The highest BCUT2D eigenvalue weighted by Crippen LogP contribution is 2.40. The summed E-state index contributed by atoms with van der Waals surface area (Å²) in [7, 11) is 0. The van der Waals surface area contributed by atoms with E-state index < -0.39 is 69.6 Å². The van der Waals surface area contributed by atoms with Crippen LogP contribution in [0.15, 0.2) is 36.4 Å². The van der Waals surface area contributed by atoms with Gasteiger partial charge < -0.3 is 10.6 Å². The first kappa shape index (κ1) is 32.7. The Morgan fingerprint density at radius 3 is 1.55 bits per heavy atom. The van der Waals surface area contributed by atoms with Crippen molar-refractivity contribution in [3.63, 3.8) is 0 Å². The number of nitro benzene ring substituents is 2. The van der Waals surface area contributed by atoms with Gasteiger partial charge in [-0.3, -0.25) is 25.0 Å². The van der Waals surface area contributed by atoms with Crippen molar-refractivity contribution in [3.8, 4) is 0 Å². The molecule has 9 nitrogen and oxygen atoms in total. The number of nitrogens with zero attached hydrogens (tertiary/aromatic N) is 2. The van der Waals surface area contributed by atoms with Crippen LogP contribution < -0.4 is 10.6 Å². The summed E-state index contributed by atoms with van der Waals surface area (Å²) in [6, 6.07) is 6.02. The van der Waals surface area contributed by atoms with E-state index in [0.717, 1.165) is 36.4 Å². The van der Waals surface area contributed by atoms with E-state index >= 15 is 0 Å². The molecule has 2 aliphatic heterocycles. The summed E-state index contributed by atoms with van der Waals surface area (Å²) in [6.07, 6.45) is -0.648. The number of hydrogen-bond donors (Lipinski definition) is 2. The van der Waals surface area contributed by atoms with Gasteiger partial charge in [0.2, 0.25) is 5.67 Å². The predicted molar refractivity (Wildman–Crippen MR) is 143 cm³/mol. The Morgan fingerprint density at radius 2 is 1.19 bits per heavy atom. The number of alkyl halides is 4. The molecule has 0 saturated carbocycles. The van der Waals surface area contributed by atoms with Crippen LogP contribution in [-0.2, 0) is 15.9 Å². The number of halogens is 6. The van der Waals surface area contributed by atoms with Crippen molar-refractivity contribution in [3.05, 3.63) is 79.4 Å². The van der Waals surface area contributed by atoms with E-state index in [9.17, 15) is 51.4 Å². The van der Waals surface area contributed by atoms with Gasteiger partial charge in [0, 0.05) is 35.4 Å². The van der Waals surface area contributed by atoms with Gasteiger partial charge >= 0.3 is 0 Å². The van der Waals surface area contributed by atoms with Crippen molar-refractivity contribution in [2.75, 3.05) is 13.3 Å². The summed E-state index contributed by atoms with van der Waals surface area (Å²) in [6.45, 7) is 0.253.